The predicted octanol–water partition coefficient (Wildman–Crippen LogP) is 2.81. The standard InChI is InChI=1S/C12H13ClN2/c13-10-6-15-11-2-1-8(5-9(10)11)12(7-14)3-4-12/h1-2,5-6,15H,3-4,7,14H2. The molecule has 0 spiro atoms. The molecule has 0 aliphatic heterocycles. The van der Waals surface area contributed by atoms with Crippen molar-refractivity contribution in [1.82, 2.24) is 4.98 Å². The van der Waals surface area contributed by atoms with Crippen LogP contribution in [-0.2, 0) is 5.41 Å². The molecule has 1 aromatic carbocycles. The fraction of sp³-hybridized carbons (Fsp3) is 0.333. The highest BCUT2D eigenvalue weighted by atomic mass is 35.5. The van der Waals surface area contributed by atoms with Gasteiger partial charge in [-0.15, -0.1) is 0 Å². The van der Waals surface area contributed by atoms with E-state index in [4.69, 9.17) is 17.3 Å². The number of hydrogen-bond donors (Lipinski definition) is 2. The molecule has 1 aliphatic rings. The van der Waals surface area contributed by atoms with Crippen LogP contribution < -0.4 is 5.73 Å². The smallest absolute Gasteiger partial charge is 0.0659 e. The average molecular weight is 221 g/mol. The van der Waals surface area contributed by atoms with Crippen molar-refractivity contribution in [1.29, 1.82) is 0 Å². The van der Waals surface area contributed by atoms with Crippen LogP contribution in [0.5, 0.6) is 0 Å². The molecule has 1 aliphatic carbocycles. The Labute approximate surface area is 93.4 Å². The van der Waals surface area contributed by atoms with E-state index in [1.165, 1.54) is 18.4 Å². The molecule has 0 radical (unpaired) electrons. The Kier molecular flexibility index (Phi) is 1.85. The molecule has 3 rings (SSSR count). The average Bonchev–Trinajstić information content (AvgIpc) is 2.99. The van der Waals surface area contributed by atoms with Gasteiger partial charge < -0.3 is 10.7 Å². The normalized spacial score (nSPS) is 18.3. The number of aromatic amines is 1. The molecule has 1 saturated carbocycles. The van der Waals surface area contributed by atoms with Crippen molar-refractivity contribution in [2.75, 3.05) is 6.54 Å². The van der Waals surface area contributed by atoms with Gasteiger partial charge in [-0.3, -0.25) is 0 Å². The van der Waals surface area contributed by atoms with Gasteiger partial charge in [0.05, 0.1) is 5.02 Å². The van der Waals surface area contributed by atoms with Crippen molar-refractivity contribution < 1.29 is 0 Å². The molecule has 0 bridgehead atoms. The summed E-state index contributed by atoms with van der Waals surface area (Å²) in [5, 5.41) is 1.90. The van der Waals surface area contributed by atoms with E-state index in [0.717, 1.165) is 22.5 Å². The maximum atomic E-state index is 6.10. The van der Waals surface area contributed by atoms with E-state index >= 15 is 0 Å². The first-order valence-corrected chi connectivity index (χ1v) is 5.60. The highest BCUT2D eigenvalue weighted by Gasteiger charge is 2.42. The summed E-state index contributed by atoms with van der Waals surface area (Å²) in [7, 11) is 0. The van der Waals surface area contributed by atoms with E-state index in [-0.39, 0.29) is 5.41 Å². The van der Waals surface area contributed by atoms with Crippen molar-refractivity contribution in [2.45, 2.75) is 18.3 Å². The van der Waals surface area contributed by atoms with E-state index < -0.39 is 0 Å². The van der Waals surface area contributed by atoms with Crippen LogP contribution in [0.3, 0.4) is 0 Å². The van der Waals surface area contributed by atoms with Crippen molar-refractivity contribution in [3.63, 3.8) is 0 Å². The molecule has 1 aromatic heterocycles. The quantitative estimate of drug-likeness (QED) is 0.803. The van der Waals surface area contributed by atoms with Gasteiger partial charge in [-0.25, -0.2) is 0 Å². The van der Waals surface area contributed by atoms with Crippen LogP contribution >= 0.6 is 11.6 Å². The molecule has 3 heteroatoms. The molecular formula is C12H13ClN2. The third kappa shape index (κ3) is 1.29. The lowest BCUT2D eigenvalue weighted by Gasteiger charge is -2.12. The van der Waals surface area contributed by atoms with Gasteiger partial charge in [0.1, 0.15) is 0 Å². The number of nitrogens with two attached hydrogens (primary N) is 1. The van der Waals surface area contributed by atoms with Crippen LogP contribution in [0.25, 0.3) is 10.9 Å². The Morgan fingerprint density at radius 1 is 1.40 bits per heavy atom. The summed E-state index contributed by atoms with van der Waals surface area (Å²) in [6.07, 6.45) is 4.24. The van der Waals surface area contributed by atoms with Crippen LogP contribution in [0.1, 0.15) is 18.4 Å². The molecule has 3 N–H and O–H groups in total. The van der Waals surface area contributed by atoms with E-state index in [2.05, 4.69) is 23.2 Å². The summed E-state index contributed by atoms with van der Waals surface area (Å²) in [6, 6.07) is 6.43. The summed E-state index contributed by atoms with van der Waals surface area (Å²) in [4.78, 5) is 3.14. The molecule has 0 atom stereocenters. The fourth-order valence-electron chi connectivity index (χ4n) is 2.18. The second-order valence-electron chi connectivity index (χ2n) is 4.38. The molecule has 1 fully saturated rings. The van der Waals surface area contributed by atoms with Gasteiger partial charge in [0.15, 0.2) is 0 Å². The number of fused-ring (bicyclic) bond motifs is 1. The molecule has 78 valence electrons. The molecule has 2 nitrogen and oxygen atoms in total. The van der Waals surface area contributed by atoms with Crippen molar-refractivity contribution in [3.05, 3.63) is 35.0 Å². The Bertz CT molecular complexity index is 511. The molecule has 0 saturated heterocycles. The van der Waals surface area contributed by atoms with E-state index in [0.29, 0.717) is 0 Å². The van der Waals surface area contributed by atoms with Gasteiger partial charge >= 0.3 is 0 Å². The first kappa shape index (κ1) is 9.25. The fourth-order valence-corrected chi connectivity index (χ4v) is 2.39. The van der Waals surface area contributed by atoms with Gasteiger partial charge in [0, 0.05) is 29.1 Å². The van der Waals surface area contributed by atoms with Gasteiger partial charge in [0.25, 0.3) is 0 Å². The lowest BCUT2D eigenvalue weighted by Crippen LogP contribution is -2.19. The minimum atomic E-state index is 0.245. The number of H-pyrrole nitrogens is 1. The molecule has 0 unspecified atom stereocenters. The van der Waals surface area contributed by atoms with Gasteiger partial charge in [-0.05, 0) is 30.5 Å². The largest absolute Gasteiger partial charge is 0.360 e. The highest BCUT2D eigenvalue weighted by molar-refractivity contribution is 6.35. The zero-order valence-corrected chi connectivity index (χ0v) is 9.14. The van der Waals surface area contributed by atoms with Crippen LogP contribution in [0.2, 0.25) is 5.02 Å². The second kappa shape index (κ2) is 3.00. The number of aromatic nitrogens is 1. The van der Waals surface area contributed by atoms with E-state index in [1.54, 1.807) is 0 Å². The van der Waals surface area contributed by atoms with Crippen molar-refractivity contribution >= 4 is 22.5 Å². The molecule has 2 aromatic rings. The van der Waals surface area contributed by atoms with Crippen LogP contribution in [0, 0.1) is 0 Å². The molecular weight excluding hydrogens is 208 g/mol. The lowest BCUT2D eigenvalue weighted by molar-refractivity contribution is 0.706. The van der Waals surface area contributed by atoms with E-state index in [9.17, 15) is 0 Å². The minimum absolute atomic E-state index is 0.245. The summed E-state index contributed by atoms with van der Waals surface area (Å²) >= 11 is 6.10. The summed E-state index contributed by atoms with van der Waals surface area (Å²) in [5.74, 6) is 0. The van der Waals surface area contributed by atoms with Gasteiger partial charge in [-0.2, -0.15) is 0 Å². The Balaban J connectivity index is 2.17. The summed E-state index contributed by atoms with van der Waals surface area (Å²) in [5.41, 5.74) is 8.49. The number of rotatable bonds is 2. The van der Waals surface area contributed by atoms with Crippen LogP contribution in [0.15, 0.2) is 24.4 Å². The number of benzene rings is 1. The molecule has 15 heavy (non-hydrogen) atoms. The topological polar surface area (TPSA) is 41.8 Å². The highest BCUT2D eigenvalue weighted by Crippen LogP contribution is 2.48. The molecule has 0 amide bonds. The Morgan fingerprint density at radius 2 is 2.20 bits per heavy atom. The molecule has 1 heterocycles. The van der Waals surface area contributed by atoms with E-state index in [1.807, 2.05) is 6.20 Å². The Hall–Kier alpha value is -0.990. The lowest BCUT2D eigenvalue weighted by atomic mass is 9.95. The number of halogens is 1. The maximum Gasteiger partial charge on any atom is 0.0659 e. The monoisotopic (exact) mass is 220 g/mol. The predicted molar refractivity (Wildman–Crippen MR) is 63.3 cm³/mol. The van der Waals surface area contributed by atoms with Crippen molar-refractivity contribution in [2.24, 2.45) is 5.73 Å². The summed E-state index contributed by atoms with van der Waals surface area (Å²) < 4.78 is 0. The maximum absolute atomic E-state index is 6.10. The van der Waals surface area contributed by atoms with Crippen LogP contribution in [-0.4, -0.2) is 11.5 Å². The zero-order chi connectivity index (χ0) is 10.5. The minimum Gasteiger partial charge on any atom is -0.360 e. The zero-order valence-electron chi connectivity index (χ0n) is 8.39. The third-order valence-corrected chi connectivity index (χ3v) is 3.80. The number of nitrogens with one attached hydrogen (secondary N) is 1. The van der Waals surface area contributed by atoms with Gasteiger partial charge in [-0.1, -0.05) is 17.7 Å². The third-order valence-electron chi connectivity index (χ3n) is 3.49. The second-order valence-corrected chi connectivity index (χ2v) is 4.79. The first-order valence-electron chi connectivity index (χ1n) is 5.22. The Morgan fingerprint density at radius 3 is 2.87 bits per heavy atom. The van der Waals surface area contributed by atoms with Crippen molar-refractivity contribution in [3.8, 4) is 0 Å². The SMILES string of the molecule is NCC1(c2ccc3[nH]cc(Cl)c3c2)CC1. The van der Waals surface area contributed by atoms with Crippen LogP contribution in [0.4, 0.5) is 0 Å². The number of hydrogen-bond acceptors (Lipinski definition) is 1. The summed E-state index contributed by atoms with van der Waals surface area (Å²) in [6.45, 7) is 0.737. The first-order chi connectivity index (χ1) is 7.25. The van der Waals surface area contributed by atoms with Gasteiger partial charge in [0.2, 0.25) is 0 Å².